The average Bonchev–Trinajstić information content (AvgIpc) is 3.00. The second kappa shape index (κ2) is 5.93. The molecule has 0 amide bonds. The van der Waals surface area contributed by atoms with E-state index in [4.69, 9.17) is 9.47 Å². The van der Waals surface area contributed by atoms with Gasteiger partial charge in [0.25, 0.3) is 0 Å². The summed E-state index contributed by atoms with van der Waals surface area (Å²) in [6.45, 7) is 3.55. The summed E-state index contributed by atoms with van der Waals surface area (Å²) in [5.74, 6) is 1.55. The molecule has 0 spiro atoms. The van der Waals surface area contributed by atoms with E-state index >= 15 is 0 Å². The smallest absolute Gasteiger partial charge is 0.241 e. The van der Waals surface area contributed by atoms with E-state index in [1.165, 1.54) is 12.1 Å². The van der Waals surface area contributed by atoms with Gasteiger partial charge < -0.3 is 14.0 Å². The zero-order chi connectivity index (χ0) is 15.6. The molecular formula is C13H16N4O4S. The molecule has 0 aliphatic carbocycles. The van der Waals surface area contributed by atoms with Gasteiger partial charge in [-0.2, -0.15) is 0 Å². The highest BCUT2D eigenvalue weighted by molar-refractivity contribution is 7.89. The highest BCUT2D eigenvalue weighted by atomic mass is 32.2. The van der Waals surface area contributed by atoms with Crippen LogP contribution in [0, 0.1) is 0 Å². The highest BCUT2D eigenvalue weighted by Crippen LogP contribution is 2.32. The number of sulfonamides is 1. The van der Waals surface area contributed by atoms with Crippen LogP contribution in [0.4, 0.5) is 0 Å². The van der Waals surface area contributed by atoms with Gasteiger partial charge in [0.05, 0.1) is 11.4 Å². The van der Waals surface area contributed by atoms with Gasteiger partial charge in [-0.3, -0.25) is 0 Å². The largest absolute Gasteiger partial charge is 0.486 e. The number of hydrogen-bond donors (Lipinski definition) is 1. The van der Waals surface area contributed by atoms with E-state index in [9.17, 15) is 8.42 Å². The minimum Gasteiger partial charge on any atom is -0.486 e. The van der Waals surface area contributed by atoms with E-state index < -0.39 is 10.0 Å². The lowest BCUT2D eigenvalue weighted by Gasteiger charge is -2.18. The van der Waals surface area contributed by atoms with Crippen molar-refractivity contribution in [1.29, 1.82) is 0 Å². The van der Waals surface area contributed by atoms with Crippen LogP contribution >= 0.6 is 0 Å². The molecule has 1 aromatic carbocycles. The summed E-state index contributed by atoms with van der Waals surface area (Å²) in [5, 5.41) is 7.66. The molecule has 0 bridgehead atoms. The molecule has 2 aromatic rings. The molecule has 1 aliphatic rings. The number of nitrogens with zero attached hydrogens (tertiary/aromatic N) is 3. The van der Waals surface area contributed by atoms with Gasteiger partial charge in [0.15, 0.2) is 11.5 Å². The molecule has 118 valence electrons. The molecule has 0 saturated heterocycles. The van der Waals surface area contributed by atoms with Crippen molar-refractivity contribution >= 4 is 10.0 Å². The summed E-state index contributed by atoms with van der Waals surface area (Å²) in [6.07, 6.45) is 1.56. The van der Waals surface area contributed by atoms with Crippen LogP contribution in [0.15, 0.2) is 29.4 Å². The first-order valence-electron chi connectivity index (χ1n) is 6.86. The number of ether oxygens (including phenoxy) is 2. The molecule has 1 aromatic heterocycles. The zero-order valence-corrected chi connectivity index (χ0v) is 12.8. The minimum atomic E-state index is -3.66. The van der Waals surface area contributed by atoms with Crippen molar-refractivity contribution in [2.24, 2.45) is 0 Å². The van der Waals surface area contributed by atoms with Crippen molar-refractivity contribution in [1.82, 2.24) is 19.5 Å². The van der Waals surface area contributed by atoms with Crippen LogP contribution < -0.4 is 14.2 Å². The Balaban J connectivity index is 1.78. The number of fused-ring (bicyclic) bond motifs is 1. The fourth-order valence-electron chi connectivity index (χ4n) is 2.11. The van der Waals surface area contributed by atoms with Gasteiger partial charge in [0.1, 0.15) is 25.4 Å². The lowest BCUT2D eigenvalue weighted by molar-refractivity contribution is 0.171. The van der Waals surface area contributed by atoms with Gasteiger partial charge in [-0.25, -0.2) is 13.1 Å². The standard InChI is InChI=1S/C13H16N4O4S/c1-2-17-9-14-16-13(17)8-15-22(18,19)10-3-4-11-12(7-10)21-6-5-20-11/h3-4,7,9,15H,2,5-6,8H2,1H3. The molecule has 9 heteroatoms. The maximum Gasteiger partial charge on any atom is 0.241 e. The van der Waals surface area contributed by atoms with Gasteiger partial charge in [0.2, 0.25) is 10.0 Å². The molecule has 0 unspecified atom stereocenters. The number of nitrogens with one attached hydrogen (secondary N) is 1. The third-order valence-corrected chi connectivity index (χ3v) is 4.68. The Bertz CT molecular complexity index is 772. The Morgan fingerprint density at radius 2 is 2.05 bits per heavy atom. The molecule has 1 N–H and O–H groups in total. The van der Waals surface area contributed by atoms with Crippen LogP contribution in [0.25, 0.3) is 0 Å². The predicted molar refractivity (Wildman–Crippen MR) is 77.2 cm³/mol. The lowest BCUT2D eigenvalue weighted by Crippen LogP contribution is -2.25. The molecule has 0 fully saturated rings. The van der Waals surface area contributed by atoms with E-state index in [1.807, 2.05) is 6.92 Å². The minimum absolute atomic E-state index is 0.0740. The van der Waals surface area contributed by atoms with Crippen molar-refractivity contribution < 1.29 is 17.9 Å². The van der Waals surface area contributed by atoms with Gasteiger partial charge >= 0.3 is 0 Å². The molecule has 8 nitrogen and oxygen atoms in total. The van der Waals surface area contributed by atoms with Crippen molar-refractivity contribution in [3.8, 4) is 11.5 Å². The Morgan fingerprint density at radius 1 is 1.27 bits per heavy atom. The third-order valence-electron chi connectivity index (χ3n) is 3.28. The number of hydrogen-bond acceptors (Lipinski definition) is 6. The van der Waals surface area contributed by atoms with E-state index in [0.717, 1.165) is 0 Å². The fraction of sp³-hybridized carbons (Fsp3) is 0.385. The molecule has 0 saturated carbocycles. The Kier molecular flexibility index (Phi) is 3.99. The van der Waals surface area contributed by atoms with E-state index in [1.54, 1.807) is 17.0 Å². The third kappa shape index (κ3) is 2.90. The van der Waals surface area contributed by atoms with Crippen LogP contribution in [-0.4, -0.2) is 36.4 Å². The molecular weight excluding hydrogens is 308 g/mol. The summed E-state index contributed by atoms with van der Waals surface area (Å²) in [7, 11) is -3.66. The maximum absolute atomic E-state index is 12.3. The molecule has 3 rings (SSSR count). The van der Waals surface area contributed by atoms with E-state index in [-0.39, 0.29) is 11.4 Å². The number of aromatic nitrogens is 3. The summed E-state index contributed by atoms with van der Waals surface area (Å²) in [5.41, 5.74) is 0. The van der Waals surface area contributed by atoms with Crippen LogP contribution in [0.3, 0.4) is 0 Å². The SMILES string of the molecule is CCn1cnnc1CNS(=O)(=O)c1ccc2c(c1)OCCO2. The fourth-order valence-corrected chi connectivity index (χ4v) is 3.11. The van der Waals surface area contributed by atoms with E-state index in [2.05, 4.69) is 14.9 Å². The summed E-state index contributed by atoms with van der Waals surface area (Å²) < 4.78 is 39.8. The van der Waals surface area contributed by atoms with Crippen LogP contribution in [0.2, 0.25) is 0 Å². The van der Waals surface area contributed by atoms with Gasteiger partial charge in [-0.15, -0.1) is 10.2 Å². The van der Waals surface area contributed by atoms with Crippen molar-refractivity contribution in [3.05, 3.63) is 30.4 Å². The highest BCUT2D eigenvalue weighted by Gasteiger charge is 2.19. The zero-order valence-electron chi connectivity index (χ0n) is 12.0. The van der Waals surface area contributed by atoms with Gasteiger partial charge in [-0.1, -0.05) is 0 Å². The molecule has 1 aliphatic heterocycles. The summed E-state index contributed by atoms with van der Waals surface area (Å²) in [6, 6.07) is 4.54. The van der Waals surface area contributed by atoms with Crippen LogP contribution in [0.5, 0.6) is 11.5 Å². The van der Waals surface area contributed by atoms with Crippen molar-refractivity contribution in [2.45, 2.75) is 24.9 Å². The number of rotatable bonds is 5. The quantitative estimate of drug-likeness (QED) is 0.863. The average molecular weight is 324 g/mol. The Labute approximate surface area is 128 Å². The topological polar surface area (TPSA) is 95.3 Å². The molecule has 22 heavy (non-hydrogen) atoms. The molecule has 0 radical (unpaired) electrons. The van der Waals surface area contributed by atoms with E-state index in [0.29, 0.717) is 37.1 Å². The summed E-state index contributed by atoms with van der Waals surface area (Å²) in [4.78, 5) is 0.124. The normalized spacial score (nSPS) is 14.0. The first kappa shape index (κ1) is 14.8. The predicted octanol–water partition coefficient (Wildman–Crippen LogP) is 0.548. The number of benzene rings is 1. The second-order valence-electron chi connectivity index (χ2n) is 4.66. The van der Waals surface area contributed by atoms with Crippen molar-refractivity contribution in [2.75, 3.05) is 13.2 Å². The van der Waals surface area contributed by atoms with Crippen molar-refractivity contribution in [3.63, 3.8) is 0 Å². The second-order valence-corrected chi connectivity index (χ2v) is 6.43. The monoisotopic (exact) mass is 324 g/mol. The lowest BCUT2D eigenvalue weighted by atomic mass is 10.3. The first-order valence-corrected chi connectivity index (χ1v) is 8.34. The molecule has 0 atom stereocenters. The Hall–Kier alpha value is -2.13. The summed E-state index contributed by atoms with van der Waals surface area (Å²) >= 11 is 0. The van der Waals surface area contributed by atoms with Gasteiger partial charge in [-0.05, 0) is 19.1 Å². The van der Waals surface area contributed by atoms with Gasteiger partial charge in [0, 0.05) is 12.6 Å². The van der Waals surface area contributed by atoms with Crippen LogP contribution in [-0.2, 0) is 23.1 Å². The maximum atomic E-state index is 12.3. The Morgan fingerprint density at radius 3 is 2.82 bits per heavy atom. The molecule has 2 heterocycles. The van der Waals surface area contributed by atoms with Crippen LogP contribution in [0.1, 0.15) is 12.7 Å². The number of aryl methyl sites for hydroxylation is 1. The first-order chi connectivity index (χ1) is 10.6.